The SMILES string of the molecule is O=C1COc2c(cc(Cl)cc2NC(=O)c2ccc([N+](=O)[O-])cc2F)N1. The van der Waals surface area contributed by atoms with Gasteiger partial charge in [-0.05, 0) is 18.2 Å². The molecule has 1 heterocycles. The Balaban J connectivity index is 1.92. The fourth-order valence-corrected chi connectivity index (χ4v) is 2.47. The van der Waals surface area contributed by atoms with Crippen LogP contribution in [0.4, 0.5) is 21.5 Å². The van der Waals surface area contributed by atoms with Gasteiger partial charge in [-0.1, -0.05) is 11.6 Å². The van der Waals surface area contributed by atoms with Crippen LogP contribution in [0.25, 0.3) is 0 Å². The van der Waals surface area contributed by atoms with Crippen LogP contribution in [0.3, 0.4) is 0 Å². The Morgan fingerprint density at radius 1 is 1.36 bits per heavy atom. The summed E-state index contributed by atoms with van der Waals surface area (Å²) >= 11 is 5.94. The molecule has 3 rings (SSSR count). The van der Waals surface area contributed by atoms with Crippen molar-refractivity contribution in [2.24, 2.45) is 0 Å². The number of anilines is 2. The van der Waals surface area contributed by atoms with Crippen molar-refractivity contribution in [3.63, 3.8) is 0 Å². The molecule has 0 saturated heterocycles. The zero-order chi connectivity index (χ0) is 18.1. The quantitative estimate of drug-likeness (QED) is 0.641. The monoisotopic (exact) mass is 365 g/mol. The molecule has 1 aliphatic heterocycles. The van der Waals surface area contributed by atoms with Crippen LogP contribution in [0.1, 0.15) is 10.4 Å². The smallest absolute Gasteiger partial charge is 0.272 e. The molecule has 0 spiro atoms. The molecule has 2 amide bonds. The van der Waals surface area contributed by atoms with Gasteiger partial charge in [-0.25, -0.2) is 4.39 Å². The average molecular weight is 366 g/mol. The number of rotatable bonds is 3. The first-order valence-corrected chi connectivity index (χ1v) is 7.24. The van der Waals surface area contributed by atoms with E-state index in [9.17, 15) is 24.1 Å². The van der Waals surface area contributed by atoms with Gasteiger partial charge in [0, 0.05) is 11.1 Å². The minimum atomic E-state index is -1.04. The number of carbonyl (C=O) groups is 2. The summed E-state index contributed by atoms with van der Waals surface area (Å²) in [5.41, 5.74) is -0.465. The first-order valence-electron chi connectivity index (χ1n) is 6.86. The highest BCUT2D eigenvalue weighted by atomic mass is 35.5. The van der Waals surface area contributed by atoms with E-state index in [4.69, 9.17) is 16.3 Å². The minimum absolute atomic E-state index is 0.130. The van der Waals surface area contributed by atoms with Gasteiger partial charge in [0.1, 0.15) is 5.82 Å². The standard InChI is InChI=1S/C15H9ClFN3O5/c16-7-3-11-14(25-6-13(21)18-11)12(4-7)19-15(22)9-2-1-8(20(23)24)5-10(9)17/h1-5H,6H2,(H,18,21)(H,19,22). The predicted octanol–water partition coefficient (Wildman–Crippen LogP) is 2.97. The summed E-state index contributed by atoms with van der Waals surface area (Å²) in [7, 11) is 0. The maximum Gasteiger partial charge on any atom is 0.272 e. The third-order valence-electron chi connectivity index (χ3n) is 3.33. The number of fused-ring (bicyclic) bond motifs is 1. The Morgan fingerprint density at radius 2 is 2.12 bits per heavy atom. The zero-order valence-electron chi connectivity index (χ0n) is 12.3. The fourth-order valence-electron chi connectivity index (χ4n) is 2.25. The zero-order valence-corrected chi connectivity index (χ0v) is 13.1. The number of non-ortho nitro benzene ring substituents is 1. The van der Waals surface area contributed by atoms with Gasteiger partial charge in [-0.2, -0.15) is 0 Å². The lowest BCUT2D eigenvalue weighted by Crippen LogP contribution is -2.26. The van der Waals surface area contributed by atoms with Crippen LogP contribution in [-0.4, -0.2) is 23.3 Å². The number of nitrogens with zero attached hydrogens (tertiary/aromatic N) is 1. The van der Waals surface area contributed by atoms with Gasteiger partial charge < -0.3 is 15.4 Å². The molecule has 0 saturated carbocycles. The summed E-state index contributed by atoms with van der Waals surface area (Å²) in [5.74, 6) is -2.10. The van der Waals surface area contributed by atoms with Gasteiger partial charge in [-0.15, -0.1) is 0 Å². The number of ether oxygens (including phenoxy) is 1. The van der Waals surface area contributed by atoms with E-state index < -0.39 is 22.3 Å². The number of benzene rings is 2. The first-order chi connectivity index (χ1) is 11.8. The van der Waals surface area contributed by atoms with E-state index in [2.05, 4.69) is 10.6 Å². The lowest BCUT2D eigenvalue weighted by Gasteiger charge is -2.21. The molecule has 0 aromatic heterocycles. The maximum atomic E-state index is 14.0. The maximum absolute atomic E-state index is 14.0. The molecule has 2 aromatic carbocycles. The molecule has 10 heteroatoms. The number of hydrogen-bond acceptors (Lipinski definition) is 5. The van der Waals surface area contributed by atoms with Crippen LogP contribution in [-0.2, 0) is 4.79 Å². The van der Waals surface area contributed by atoms with E-state index in [1.54, 1.807) is 0 Å². The molecule has 8 nitrogen and oxygen atoms in total. The van der Waals surface area contributed by atoms with E-state index in [1.165, 1.54) is 12.1 Å². The van der Waals surface area contributed by atoms with Crippen molar-refractivity contribution in [3.05, 3.63) is 56.8 Å². The Kier molecular flexibility index (Phi) is 4.24. The highest BCUT2D eigenvalue weighted by molar-refractivity contribution is 6.31. The predicted molar refractivity (Wildman–Crippen MR) is 86.6 cm³/mol. The van der Waals surface area contributed by atoms with Crippen LogP contribution in [0.5, 0.6) is 5.75 Å². The lowest BCUT2D eigenvalue weighted by molar-refractivity contribution is -0.385. The van der Waals surface area contributed by atoms with E-state index in [1.807, 2.05) is 0 Å². The van der Waals surface area contributed by atoms with Gasteiger partial charge in [0.15, 0.2) is 12.4 Å². The fraction of sp³-hybridized carbons (Fsp3) is 0.0667. The van der Waals surface area contributed by atoms with Crippen LogP contribution in [0, 0.1) is 15.9 Å². The minimum Gasteiger partial charge on any atom is -0.479 e. The van der Waals surface area contributed by atoms with Crippen LogP contribution in [0.2, 0.25) is 5.02 Å². The van der Waals surface area contributed by atoms with Crippen LogP contribution < -0.4 is 15.4 Å². The normalized spacial score (nSPS) is 12.6. The number of nitro groups is 1. The van der Waals surface area contributed by atoms with Crippen molar-refractivity contribution >= 4 is 40.5 Å². The van der Waals surface area contributed by atoms with Crippen molar-refractivity contribution < 1.29 is 23.6 Å². The van der Waals surface area contributed by atoms with Gasteiger partial charge in [0.25, 0.3) is 17.5 Å². The Labute approximate surface area is 144 Å². The van der Waals surface area contributed by atoms with Crippen molar-refractivity contribution in [3.8, 4) is 5.75 Å². The second-order valence-electron chi connectivity index (χ2n) is 5.04. The number of amides is 2. The van der Waals surface area contributed by atoms with Crippen molar-refractivity contribution in [1.29, 1.82) is 0 Å². The summed E-state index contributed by atoms with van der Waals surface area (Å²) in [6.45, 7) is -0.247. The number of hydrogen-bond donors (Lipinski definition) is 2. The number of halogens is 2. The van der Waals surface area contributed by atoms with Crippen molar-refractivity contribution in [2.75, 3.05) is 17.2 Å². The molecule has 0 unspecified atom stereocenters. The Hall–Kier alpha value is -3.20. The molecule has 0 bridgehead atoms. The van der Waals surface area contributed by atoms with Gasteiger partial charge >= 0.3 is 0 Å². The van der Waals surface area contributed by atoms with E-state index in [0.717, 1.165) is 12.1 Å². The molecule has 2 N–H and O–H groups in total. The molecule has 2 aromatic rings. The summed E-state index contributed by atoms with van der Waals surface area (Å²) in [4.78, 5) is 33.5. The molecule has 25 heavy (non-hydrogen) atoms. The average Bonchev–Trinajstić information content (AvgIpc) is 2.53. The Bertz CT molecular complexity index is 918. The van der Waals surface area contributed by atoms with Gasteiger partial charge in [-0.3, -0.25) is 19.7 Å². The highest BCUT2D eigenvalue weighted by Crippen LogP contribution is 2.38. The lowest BCUT2D eigenvalue weighted by atomic mass is 10.1. The number of carbonyl (C=O) groups excluding carboxylic acids is 2. The molecule has 128 valence electrons. The van der Waals surface area contributed by atoms with E-state index in [-0.39, 0.29) is 40.2 Å². The second-order valence-corrected chi connectivity index (χ2v) is 5.48. The van der Waals surface area contributed by atoms with Crippen LogP contribution in [0.15, 0.2) is 30.3 Å². The number of nitro benzene ring substituents is 1. The molecule has 0 fully saturated rings. The summed E-state index contributed by atoms with van der Waals surface area (Å²) < 4.78 is 19.2. The molecular formula is C15H9ClFN3O5. The first kappa shape index (κ1) is 16.7. The third-order valence-corrected chi connectivity index (χ3v) is 3.55. The highest BCUT2D eigenvalue weighted by Gasteiger charge is 2.23. The molecule has 0 atom stereocenters. The largest absolute Gasteiger partial charge is 0.479 e. The van der Waals surface area contributed by atoms with Gasteiger partial charge in [0.2, 0.25) is 0 Å². The molecule has 0 radical (unpaired) electrons. The summed E-state index contributed by atoms with van der Waals surface area (Å²) in [6, 6.07) is 5.48. The van der Waals surface area contributed by atoms with E-state index in [0.29, 0.717) is 6.07 Å². The third kappa shape index (κ3) is 3.36. The second kappa shape index (κ2) is 6.36. The summed E-state index contributed by atoms with van der Waals surface area (Å²) in [5, 5.41) is 15.8. The Morgan fingerprint density at radius 3 is 2.80 bits per heavy atom. The molecule has 0 aliphatic carbocycles. The van der Waals surface area contributed by atoms with Gasteiger partial charge in [0.05, 0.1) is 27.9 Å². The molecular weight excluding hydrogens is 357 g/mol. The van der Waals surface area contributed by atoms with Crippen molar-refractivity contribution in [1.82, 2.24) is 0 Å². The number of nitrogens with one attached hydrogen (secondary N) is 2. The van der Waals surface area contributed by atoms with Crippen molar-refractivity contribution in [2.45, 2.75) is 0 Å². The topological polar surface area (TPSA) is 111 Å². The van der Waals surface area contributed by atoms with E-state index >= 15 is 0 Å². The van der Waals surface area contributed by atoms with Crippen LogP contribution >= 0.6 is 11.6 Å². The molecule has 1 aliphatic rings. The summed E-state index contributed by atoms with van der Waals surface area (Å²) in [6.07, 6.45) is 0.